The molecule has 23 heavy (non-hydrogen) atoms. The molecule has 0 aliphatic rings. The summed E-state index contributed by atoms with van der Waals surface area (Å²) in [4.78, 5) is 15.6. The maximum Gasteiger partial charge on any atom is 0.235 e. The number of rotatable bonds is 7. The molecule has 2 rings (SSSR count). The molecule has 0 atom stereocenters. The summed E-state index contributed by atoms with van der Waals surface area (Å²) < 4.78 is 27.0. The number of hydrogen-bond donors (Lipinski definition) is 2. The van der Waals surface area contributed by atoms with E-state index in [-0.39, 0.29) is 12.3 Å². The van der Waals surface area contributed by atoms with Crippen molar-refractivity contribution in [1.82, 2.24) is 15.0 Å². The average Bonchev–Trinajstić information content (AvgIpc) is 2.54. The second-order valence-corrected chi connectivity index (χ2v) is 7.46. The first-order valence-electron chi connectivity index (χ1n) is 6.82. The number of amides is 1. The zero-order chi connectivity index (χ0) is 16.7. The predicted octanol–water partition coefficient (Wildman–Crippen LogP) is 1.58. The Hall–Kier alpha value is -1.77. The molecule has 122 valence electrons. The van der Waals surface area contributed by atoms with Gasteiger partial charge in [0, 0.05) is 23.4 Å². The van der Waals surface area contributed by atoms with Gasteiger partial charge in [-0.2, -0.15) is 0 Å². The minimum Gasteiger partial charge on any atom is -0.351 e. The van der Waals surface area contributed by atoms with Crippen LogP contribution in [0.1, 0.15) is 11.1 Å². The fraction of sp³-hybridized carbons (Fsp3) is 0.200. The van der Waals surface area contributed by atoms with Gasteiger partial charge >= 0.3 is 0 Å². The highest BCUT2D eigenvalue weighted by Gasteiger charge is 2.14. The second kappa shape index (κ2) is 8.19. The molecule has 0 radical (unpaired) electrons. The van der Waals surface area contributed by atoms with Crippen LogP contribution in [-0.4, -0.2) is 25.9 Å². The van der Waals surface area contributed by atoms with Crippen LogP contribution in [0, 0.1) is 0 Å². The minimum absolute atomic E-state index is 0.188. The van der Waals surface area contributed by atoms with Crippen molar-refractivity contribution >= 4 is 31.9 Å². The molecule has 0 aliphatic carbocycles. The number of nitrogens with one attached hydrogen (secondary N) is 2. The zero-order valence-electron chi connectivity index (χ0n) is 12.2. The predicted molar refractivity (Wildman–Crippen MR) is 90.9 cm³/mol. The smallest absolute Gasteiger partial charge is 0.235 e. The number of hydrogen-bond acceptors (Lipinski definition) is 4. The Kier molecular flexibility index (Phi) is 6.26. The molecular formula is C15H16BrN3O3S. The molecule has 0 saturated heterocycles. The molecule has 0 fully saturated rings. The summed E-state index contributed by atoms with van der Waals surface area (Å²) in [7, 11) is -3.59. The SMILES string of the molecule is O=C(CNS(=O)(=O)Cc1ccccc1Br)NCc1ccncc1. The van der Waals surface area contributed by atoms with Crippen molar-refractivity contribution in [2.75, 3.05) is 6.54 Å². The van der Waals surface area contributed by atoms with E-state index in [4.69, 9.17) is 0 Å². The van der Waals surface area contributed by atoms with Crippen LogP contribution in [0.25, 0.3) is 0 Å². The van der Waals surface area contributed by atoms with E-state index in [0.29, 0.717) is 16.6 Å². The van der Waals surface area contributed by atoms with Crippen LogP contribution >= 0.6 is 15.9 Å². The second-order valence-electron chi connectivity index (χ2n) is 4.80. The molecule has 1 amide bonds. The van der Waals surface area contributed by atoms with Crippen LogP contribution < -0.4 is 10.0 Å². The highest BCUT2D eigenvalue weighted by Crippen LogP contribution is 2.17. The first kappa shape index (κ1) is 17.6. The lowest BCUT2D eigenvalue weighted by Gasteiger charge is -2.09. The number of halogens is 1. The Balaban J connectivity index is 1.82. The fourth-order valence-corrected chi connectivity index (χ4v) is 3.54. The molecule has 0 unspecified atom stereocenters. The summed E-state index contributed by atoms with van der Waals surface area (Å²) in [6.07, 6.45) is 3.25. The lowest BCUT2D eigenvalue weighted by molar-refractivity contribution is -0.120. The third-order valence-corrected chi connectivity index (χ3v) is 5.04. The molecule has 1 heterocycles. The van der Waals surface area contributed by atoms with Crippen LogP contribution in [-0.2, 0) is 27.1 Å². The van der Waals surface area contributed by atoms with Crippen molar-refractivity contribution < 1.29 is 13.2 Å². The Morgan fingerprint density at radius 3 is 2.52 bits per heavy atom. The number of carbonyl (C=O) groups is 1. The lowest BCUT2D eigenvalue weighted by Crippen LogP contribution is -2.37. The molecule has 2 N–H and O–H groups in total. The van der Waals surface area contributed by atoms with E-state index in [2.05, 4.69) is 31.0 Å². The summed E-state index contributed by atoms with van der Waals surface area (Å²) in [6.45, 7) is 0.0329. The van der Waals surface area contributed by atoms with Gasteiger partial charge in [0.2, 0.25) is 15.9 Å². The Labute approximate surface area is 143 Å². The molecule has 1 aromatic carbocycles. The van der Waals surface area contributed by atoms with Gasteiger partial charge in [-0.05, 0) is 29.3 Å². The molecule has 0 bridgehead atoms. The van der Waals surface area contributed by atoms with Gasteiger partial charge in [0.05, 0.1) is 12.3 Å². The molecule has 6 nitrogen and oxygen atoms in total. The van der Waals surface area contributed by atoms with E-state index in [9.17, 15) is 13.2 Å². The van der Waals surface area contributed by atoms with Gasteiger partial charge in [-0.15, -0.1) is 0 Å². The number of pyridine rings is 1. The van der Waals surface area contributed by atoms with Crippen LogP contribution in [0.4, 0.5) is 0 Å². The van der Waals surface area contributed by atoms with Gasteiger partial charge in [-0.25, -0.2) is 13.1 Å². The summed E-state index contributed by atoms with van der Waals surface area (Å²) in [5.74, 6) is -0.580. The van der Waals surface area contributed by atoms with E-state index in [0.717, 1.165) is 5.56 Å². The number of benzene rings is 1. The van der Waals surface area contributed by atoms with Crippen molar-refractivity contribution in [3.05, 3.63) is 64.4 Å². The van der Waals surface area contributed by atoms with Crippen molar-refractivity contribution in [2.45, 2.75) is 12.3 Å². The normalized spacial score (nSPS) is 11.2. The molecule has 0 aliphatic heterocycles. The van der Waals surface area contributed by atoms with Gasteiger partial charge < -0.3 is 5.32 Å². The van der Waals surface area contributed by atoms with E-state index in [1.165, 1.54) is 0 Å². The Bertz CT molecular complexity index is 767. The highest BCUT2D eigenvalue weighted by atomic mass is 79.9. The van der Waals surface area contributed by atoms with Crippen LogP contribution in [0.15, 0.2) is 53.3 Å². The minimum atomic E-state index is -3.59. The van der Waals surface area contributed by atoms with Crippen LogP contribution in [0.3, 0.4) is 0 Å². The molecule has 2 aromatic rings. The number of nitrogens with zero attached hydrogens (tertiary/aromatic N) is 1. The van der Waals surface area contributed by atoms with Crippen molar-refractivity contribution in [3.63, 3.8) is 0 Å². The number of carbonyl (C=O) groups excluding carboxylic acids is 1. The molecule has 8 heteroatoms. The van der Waals surface area contributed by atoms with Gasteiger partial charge in [0.15, 0.2) is 0 Å². The van der Waals surface area contributed by atoms with Crippen molar-refractivity contribution in [2.24, 2.45) is 0 Å². The van der Waals surface area contributed by atoms with Crippen molar-refractivity contribution in [3.8, 4) is 0 Å². The average molecular weight is 398 g/mol. The van der Waals surface area contributed by atoms with Gasteiger partial charge in [0.1, 0.15) is 0 Å². The van der Waals surface area contributed by atoms with Crippen LogP contribution in [0.2, 0.25) is 0 Å². The third-order valence-electron chi connectivity index (χ3n) is 3.00. The lowest BCUT2D eigenvalue weighted by atomic mass is 10.2. The quantitative estimate of drug-likeness (QED) is 0.742. The molecular weight excluding hydrogens is 382 g/mol. The third kappa shape index (κ3) is 6.09. The number of sulfonamides is 1. The van der Waals surface area contributed by atoms with E-state index in [1.807, 2.05) is 0 Å². The Morgan fingerprint density at radius 2 is 1.83 bits per heavy atom. The first-order chi connectivity index (χ1) is 11.0. The Morgan fingerprint density at radius 1 is 1.13 bits per heavy atom. The zero-order valence-corrected chi connectivity index (χ0v) is 14.6. The number of aromatic nitrogens is 1. The molecule has 0 saturated carbocycles. The van der Waals surface area contributed by atoms with Crippen LogP contribution in [0.5, 0.6) is 0 Å². The maximum atomic E-state index is 12.0. The maximum absolute atomic E-state index is 12.0. The largest absolute Gasteiger partial charge is 0.351 e. The van der Waals surface area contributed by atoms with E-state index >= 15 is 0 Å². The fourth-order valence-electron chi connectivity index (χ4n) is 1.81. The molecule has 1 aromatic heterocycles. The van der Waals surface area contributed by atoms with E-state index in [1.54, 1.807) is 48.8 Å². The monoisotopic (exact) mass is 397 g/mol. The summed E-state index contributed by atoms with van der Waals surface area (Å²) >= 11 is 3.30. The molecule has 0 spiro atoms. The first-order valence-corrected chi connectivity index (χ1v) is 9.27. The van der Waals surface area contributed by atoms with E-state index < -0.39 is 15.9 Å². The van der Waals surface area contributed by atoms with Crippen molar-refractivity contribution in [1.29, 1.82) is 0 Å². The topological polar surface area (TPSA) is 88.2 Å². The summed E-state index contributed by atoms with van der Waals surface area (Å²) in [5.41, 5.74) is 1.53. The summed E-state index contributed by atoms with van der Waals surface area (Å²) in [6, 6.07) is 10.6. The van der Waals surface area contributed by atoms with Gasteiger partial charge in [-0.1, -0.05) is 34.1 Å². The van der Waals surface area contributed by atoms with Gasteiger partial charge in [-0.3, -0.25) is 9.78 Å². The highest BCUT2D eigenvalue weighted by molar-refractivity contribution is 9.10. The van der Waals surface area contributed by atoms with Gasteiger partial charge in [0.25, 0.3) is 0 Å². The standard InChI is InChI=1S/C15H16BrN3O3S/c16-14-4-2-1-3-13(14)11-23(21,22)19-10-15(20)18-9-12-5-7-17-8-6-12/h1-8,19H,9-11H2,(H,18,20). The summed E-state index contributed by atoms with van der Waals surface area (Å²) in [5, 5.41) is 2.64.